The Morgan fingerprint density at radius 3 is 1.06 bits per heavy atom. The summed E-state index contributed by atoms with van der Waals surface area (Å²) in [6.07, 6.45) is 0.00355. The third-order valence-electron chi connectivity index (χ3n) is 15.0. The Balaban J connectivity index is 0.837. The monoisotopic (exact) mass is 891 g/mol. The predicted octanol–water partition coefficient (Wildman–Crippen LogP) is 9.96. The van der Waals surface area contributed by atoms with Crippen LogP contribution < -0.4 is 57.0 Å². The zero-order valence-corrected chi connectivity index (χ0v) is 38.0. The summed E-state index contributed by atoms with van der Waals surface area (Å²) in [5.41, 5.74) is 23.3. The van der Waals surface area contributed by atoms with E-state index in [1.165, 1.54) is 72.6 Å². The molecule has 9 aromatic rings. The number of anilines is 9. The molecule has 0 aliphatic carbocycles. The summed E-state index contributed by atoms with van der Waals surface area (Å²) in [7, 11) is 0. The fraction of sp³-hybridized carbons (Fsp3) is 0.100. The van der Waals surface area contributed by atoms with E-state index in [0.717, 1.165) is 45.1 Å². The Morgan fingerprint density at radius 1 is 0.348 bits per heavy atom. The smallest absolute Gasteiger partial charge is 0.252 e. The first-order valence-corrected chi connectivity index (χ1v) is 24.1. The highest BCUT2D eigenvalue weighted by atomic mass is 16.8. The van der Waals surface area contributed by atoms with Crippen LogP contribution >= 0.6 is 0 Å². The zero-order valence-electron chi connectivity index (χ0n) is 38.0. The van der Waals surface area contributed by atoms with E-state index in [-0.39, 0.29) is 38.2 Å². The minimum Gasteiger partial charge on any atom is -0.462 e. The Hall–Kier alpha value is -7.97. The second-order valence-corrected chi connectivity index (χ2v) is 19.0. The van der Waals surface area contributed by atoms with Crippen LogP contribution in [0.2, 0.25) is 0 Å². The third kappa shape index (κ3) is 5.97. The summed E-state index contributed by atoms with van der Waals surface area (Å²) in [6, 6.07) is 73.5. The number of rotatable bonds is 8. The molecule has 15 rings (SSSR count). The van der Waals surface area contributed by atoms with Crippen LogP contribution in [-0.4, -0.2) is 38.2 Å². The molecule has 69 heavy (non-hydrogen) atoms. The van der Waals surface area contributed by atoms with Crippen molar-refractivity contribution >= 4 is 97.4 Å². The number of hydrogen-bond donors (Lipinski definition) is 0. The molecule has 0 saturated carbocycles. The van der Waals surface area contributed by atoms with Gasteiger partial charge in [0.25, 0.3) is 13.4 Å². The first kappa shape index (κ1) is 39.1. The standard InChI is InChI=1S/C60H43B2N3O4/c1-36-59(66-36)68-44-32-24-40(25-33-44)38-20-28-42(29-21-38)63-50-14-5-3-10-46(50)61-48-12-7-13-49-58(48)65(54-18-8-16-52(63)56(54)61)55-19-9-17-53-57(55)62(49)47-11-4-6-15-51(47)64(53)43-30-22-39(23-31-43)41-26-34-45(35-27-41)69-60-37(2)67-60/h3-37,59-60H,1-2H3. The predicted molar refractivity (Wildman–Crippen MR) is 281 cm³/mol. The van der Waals surface area contributed by atoms with E-state index in [2.05, 4.69) is 191 Å². The molecule has 0 amide bonds. The van der Waals surface area contributed by atoms with Gasteiger partial charge in [0.2, 0.25) is 12.6 Å². The Bertz CT molecular complexity index is 3320. The van der Waals surface area contributed by atoms with E-state index in [1.54, 1.807) is 0 Å². The largest absolute Gasteiger partial charge is 0.462 e. The van der Waals surface area contributed by atoms with Crippen molar-refractivity contribution in [2.24, 2.45) is 0 Å². The molecular weight excluding hydrogens is 848 g/mol. The summed E-state index contributed by atoms with van der Waals surface area (Å²) >= 11 is 0. The normalized spacial score (nSPS) is 19.2. The van der Waals surface area contributed by atoms with Crippen LogP contribution in [0.4, 0.5) is 51.2 Å². The van der Waals surface area contributed by atoms with Gasteiger partial charge in [0.15, 0.2) is 0 Å². The van der Waals surface area contributed by atoms with Crippen molar-refractivity contribution < 1.29 is 18.9 Å². The summed E-state index contributed by atoms with van der Waals surface area (Å²) in [5, 5.41) is 0. The number of benzene rings is 9. The van der Waals surface area contributed by atoms with Crippen molar-refractivity contribution in [2.45, 2.75) is 38.6 Å². The van der Waals surface area contributed by atoms with Crippen molar-refractivity contribution in [2.75, 3.05) is 14.7 Å². The lowest BCUT2D eigenvalue weighted by Crippen LogP contribution is -2.68. The molecule has 328 valence electrons. The SMILES string of the molecule is CC1OC1Oc1ccc(-c2ccc(N3c4ccccc4B4c5cccc6c5N(c5cccc3c54)c3cccc4c3B6c3ccccc3N4c3ccc(-c4ccc(OC5OC5C)cc4)cc3)cc2)cc1. The molecule has 6 heterocycles. The Kier molecular flexibility index (Phi) is 8.36. The van der Waals surface area contributed by atoms with Crippen LogP contribution in [-0.2, 0) is 9.47 Å². The zero-order chi connectivity index (χ0) is 45.5. The fourth-order valence-electron chi connectivity index (χ4n) is 11.7. The van der Waals surface area contributed by atoms with Gasteiger partial charge < -0.3 is 33.6 Å². The van der Waals surface area contributed by atoms with Gasteiger partial charge in [-0.3, -0.25) is 0 Å². The highest BCUT2D eigenvalue weighted by Crippen LogP contribution is 2.48. The van der Waals surface area contributed by atoms with Crippen molar-refractivity contribution in [1.29, 1.82) is 0 Å². The van der Waals surface area contributed by atoms with E-state index in [1.807, 2.05) is 38.1 Å². The van der Waals surface area contributed by atoms with E-state index in [4.69, 9.17) is 18.9 Å². The molecule has 0 bridgehead atoms. The average Bonchev–Trinajstić information content (AvgIpc) is 4.31. The maximum absolute atomic E-state index is 5.94. The highest BCUT2D eigenvalue weighted by molar-refractivity contribution is 7.04. The highest BCUT2D eigenvalue weighted by Gasteiger charge is 2.50. The van der Waals surface area contributed by atoms with Gasteiger partial charge in [-0.1, -0.05) is 115 Å². The van der Waals surface area contributed by atoms with Gasteiger partial charge in [0, 0.05) is 51.2 Å². The molecule has 4 unspecified atom stereocenters. The molecule has 2 saturated heterocycles. The van der Waals surface area contributed by atoms with E-state index >= 15 is 0 Å². The van der Waals surface area contributed by atoms with Gasteiger partial charge in [0.1, 0.15) is 23.7 Å². The summed E-state index contributed by atoms with van der Waals surface area (Å²) < 4.78 is 22.8. The maximum atomic E-state index is 5.94. The molecule has 7 nitrogen and oxygen atoms in total. The molecule has 0 radical (unpaired) electrons. The van der Waals surface area contributed by atoms with Crippen LogP contribution in [0.25, 0.3) is 22.3 Å². The number of nitrogens with zero attached hydrogens (tertiary/aromatic N) is 3. The number of epoxide rings is 2. The van der Waals surface area contributed by atoms with Crippen molar-refractivity contribution in [1.82, 2.24) is 0 Å². The van der Waals surface area contributed by atoms with Crippen molar-refractivity contribution in [3.63, 3.8) is 0 Å². The number of para-hydroxylation sites is 3. The van der Waals surface area contributed by atoms with E-state index in [9.17, 15) is 0 Å². The lowest BCUT2D eigenvalue weighted by molar-refractivity contribution is 0.178. The third-order valence-corrected chi connectivity index (χ3v) is 15.0. The summed E-state index contributed by atoms with van der Waals surface area (Å²) in [6.45, 7) is 4.16. The molecule has 6 aliphatic rings. The first-order chi connectivity index (χ1) is 34.0. The van der Waals surface area contributed by atoms with E-state index in [0.29, 0.717) is 0 Å². The van der Waals surface area contributed by atoms with Crippen LogP contribution in [0.5, 0.6) is 11.5 Å². The summed E-state index contributed by atoms with van der Waals surface area (Å²) in [4.78, 5) is 7.53. The van der Waals surface area contributed by atoms with Crippen LogP contribution in [0.3, 0.4) is 0 Å². The lowest BCUT2D eigenvalue weighted by Gasteiger charge is -2.49. The summed E-state index contributed by atoms with van der Waals surface area (Å²) in [5.74, 6) is 1.65. The van der Waals surface area contributed by atoms with E-state index < -0.39 is 0 Å². The molecule has 9 heteroatoms. The lowest BCUT2D eigenvalue weighted by atomic mass is 9.29. The Labute approximate surface area is 401 Å². The van der Waals surface area contributed by atoms with Crippen molar-refractivity contribution in [3.8, 4) is 33.8 Å². The van der Waals surface area contributed by atoms with Gasteiger partial charge in [0.05, 0.1) is 0 Å². The van der Waals surface area contributed by atoms with Crippen molar-refractivity contribution in [3.05, 3.63) is 200 Å². The second-order valence-electron chi connectivity index (χ2n) is 19.0. The van der Waals surface area contributed by atoms with Crippen LogP contribution in [0, 0.1) is 0 Å². The van der Waals surface area contributed by atoms with Gasteiger partial charge >= 0.3 is 0 Å². The maximum Gasteiger partial charge on any atom is 0.252 e. The molecule has 2 fully saturated rings. The number of hydrogen-bond acceptors (Lipinski definition) is 7. The number of ether oxygens (including phenoxy) is 4. The molecular formula is C60H43B2N3O4. The Morgan fingerprint density at radius 2 is 0.667 bits per heavy atom. The minimum absolute atomic E-state index is 0.0529. The van der Waals surface area contributed by atoms with Gasteiger partial charge in [-0.25, -0.2) is 0 Å². The quantitative estimate of drug-likeness (QED) is 0.111. The molecule has 6 aliphatic heterocycles. The van der Waals surface area contributed by atoms with Gasteiger partial charge in [-0.2, -0.15) is 0 Å². The van der Waals surface area contributed by atoms with Crippen LogP contribution in [0.1, 0.15) is 13.8 Å². The molecule has 0 N–H and O–H groups in total. The molecule has 0 spiro atoms. The fourth-order valence-corrected chi connectivity index (χ4v) is 11.7. The van der Waals surface area contributed by atoms with Gasteiger partial charge in [-0.15, -0.1) is 0 Å². The molecule has 0 aromatic heterocycles. The van der Waals surface area contributed by atoms with Crippen LogP contribution in [0.15, 0.2) is 200 Å². The molecule has 9 aromatic carbocycles. The number of fused-ring (bicyclic) bond motifs is 8. The first-order valence-electron chi connectivity index (χ1n) is 24.1. The van der Waals surface area contributed by atoms with Gasteiger partial charge in [-0.05, 0) is 154 Å². The average molecular weight is 892 g/mol. The minimum atomic E-state index is -0.146. The topological polar surface area (TPSA) is 53.2 Å². The molecule has 4 atom stereocenters. The second kappa shape index (κ2) is 14.8.